The summed E-state index contributed by atoms with van der Waals surface area (Å²) in [6.07, 6.45) is 1.95. The van der Waals surface area contributed by atoms with Gasteiger partial charge in [0.05, 0.1) is 24.3 Å². The number of rotatable bonds is 8. The molecule has 2 rings (SSSR count). The lowest BCUT2D eigenvalue weighted by Crippen LogP contribution is -2.13. The number of anilines is 1. The van der Waals surface area contributed by atoms with Crippen molar-refractivity contribution in [3.05, 3.63) is 57.6 Å². The molecule has 0 unspecified atom stereocenters. The number of nitrogens with zero attached hydrogens (tertiary/aromatic N) is 1. The number of nitro groups is 1. The number of non-ortho nitro benzene ring substituents is 1. The third kappa shape index (κ3) is 4.72. The van der Waals surface area contributed by atoms with E-state index >= 15 is 0 Å². The second kappa shape index (κ2) is 8.84. The van der Waals surface area contributed by atoms with Gasteiger partial charge in [0.25, 0.3) is 11.6 Å². The lowest BCUT2D eigenvalue weighted by atomic mass is 10.1. The Morgan fingerprint density at radius 2 is 1.96 bits per heavy atom. The van der Waals surface area contributed by atoms with Crippen molar-refractivity contribution < 1.29 is 19.2 Å². The fraction of sp³-hybridized carbons (Fsp3) is 0.316. The highest BCUT2D eigenvalue weighted by Crippen LogP contribution is 2.29. The molecule has 26 heavy (non-hydrogen) atoms. The van der Waals surface area contributed by atoms with Crippen LogP contribution in [0.2, 0.25) is 0 Å². The second-order valence-electron chi connectivity index (χ2n) is 5.78. The monoisotopic (exact) mass is 358 g/mol. The van der Waals surface area contributed by atoms with Gasteiger partial charge < -0.3 is 14.8 Å². The van der Waals surface area contributed by atoms with Crippen molar-refractivity contribution in [2.45, 2.75) is 26.7 Å². The summed E-state index contributed by atoms with van der Waals surface area (Å²) in [5.74, 6) is 0.653. The Morgan fingerprint density at radius 3 is 2.62 bits per heavy atom. The molecule has 2 aromatic carbocycles. The van der Waals surface area contributed by atoms with E-state index in [-0.39, 0.29) is 11.6 Å². The first-order valence-electron chi connectivity index (χ1n) is 8.33. The van der Waals surface area contributed by atoms with Gasteiger partial charge in [-0.05, 0) is 37.1 Å². The fourth-order valence-electron chi connectivity index (χ4n) is 2.31. The van der Waals surface area contributed by atoms with Crippen molar-refractivity contribution in [3.63, 3.8) is 0 Å². The van der Waals surface area contributed by atoms with Gasteiger partial charge in [0, 0.05) is 17.7 Å². The maximum Gasteiger partial charge on any atom is 0.271 e. The molecule has 1 amide bonds. The molecular weight excluding hydrogens is 336 g/mol. The molecule has 7 nitrogen and oxygen atoms in total. The number of unbranched alkanes of at least 4 members (excludes halogenated alkanes) is 1. The van der Waals surface area contributed by atoms with Crippen molar-refractivity contribution in [1.82, 2.24) is 0 Å². The average Bonchev–Trinajstić information content (AvgIpc) is 2.63. The Hall–Kier alpha value is -3.09. The maximum atomic E-state index is 12.5. The number of carbonyl (C=O) groups excluding carboxylic acids is 1. The maximum absolute atomic E-state index is 12.5. The highest BCUT2D eigenvalue weighted by Gasteiger charge is 2.14. The largest absolute Gasteiger partial charge is 0.493 e. The SMILES string of the molecule is CCCCOc1ccc(C(=O)Nc2cc([N+](=O)[O-])ccc2C)cc1OC. The van der Waals surface area contributed by atoms with Gasteiger partial charge in [-0.3, -0.25) is 14.9 Å². The van der Waals surface area contributed by atoms with Crippen molar-refractivity contribution in [1.29, 1.82) is 0 Å². The predicted octanol–water partition coefficient (Wildman–Crippen LogP) is 4.34. The van der Waals surface area contributed by atoms with E-state index in [0.717, 1.165) is 18.4 Å². The first-order valence-corrected chi connectivity index (χ1v) is 8.33. The number of carbonyl (C=O) groups is 1. The zero-order valence-electron chi connectivity index (χ0n) is 15.1. The number of ether oxygens (including phenoxy) is 2. The van der Waals surface area contributed by atoms with Gasteiger partial charge in [0.15, 0.2) is 11.5 Å². The molecule has 0 spiro atoms. The number of benzene rings is 2. The van der Waals surface area contributed by atoms with E-state index in [1.807, 2.05) is 0 Å². The molecular formula is C19H22N2O5. The minimum absolute atomic E-state index is 0.0804. The molecule has 0 aliphatic rings. The molecule has 0 aromatic heterocycles. The molecule has 0 fully saturated rings. The van der Waals surface area contributed by atoms with Gasteiger partial charge in [-0.2, -0.15) is 0 Å². The average molecular weight is 358 g/mol. The summed E-state index contributed by atoms with van der Waals surface area (Å²) in [5.41, 5.74) is 1.42. The highest BCUT2D eigenvalue weighted by atomic mass is 16.6. The van der Waals surface area contributed by atoms with E-state index in [0.29, 0.717) is 29.4 Å². The molecule has 0 saturated carbocycles. The smallest absolute Gasteiger partial charge is 0.271 e. The molecule has 0 saturated heterocycles. The molecule has 2 aromatic rings. The molecule has 0 bridgehead atoms. The van der Waals surface area contributed by atoms with Crippen LogP contribution in [0.3, 0.4) is 0 Å². The van der Waals surface area contributed by atoms with E-state index in [9.17, 15) is 14.9 Å². The first kappa shape index (κ1) is 19.2. The number of aryl methyl sites for hydroxylation is 1. The van der Waals surface area contributed by atoms with E-state index in [4.69, 9.17) is 9.47 Å². The van der Waals surface area contributed by atoms with Gasteiger partial charge in [0.1, 0.15) is 0 Å². The van der Waals surface area contributed by atoms with Crippen LogP contribution in [-0.4, -0.2) is 24.5 Å². The molecule has 0 aliphatic carbocycles. The molecule has 1 N–H and O–H groups in total. The van der Waals surface area contributed by atoms with Crippen molar-refractivity contribution in [2.24, 2.45) is 0 Å². The summed E-state index contributed by atoms with van der Waals surface area (Å²) >= 11 is 0. The lowest BCUT2D eigenvalue weighted by Gasteiger charge is -2.13. The van der Waals surface area contributed by atoms with Gasteiger partial charge in [-0.15, -0.1) is 0 Å². The molecule has 0 radical (unpaired) electrons. The third-order valence-corrected chi connectivity index (χ3v) is 3.86. The molecule has 0 heterocycles. The normalized spacial score (nSPS) is 10.3. The third-order valence-electron chi connectivity index (χ3n) is 3.86. The van der Waals surface area contributed by atoms with E-state index in [1.165, 1.54) is 19.2 Å². The number of nitro benzene ring substituents is 1. The van der Waals surface area contributed by atoms with E-state index in [1.54, 1.807) is 31.2 Å². The van der Waals surface area contributed by atoms with Crippen LogP contribution in [0.4, 0.5) is 11.4 Å². The van der Waals surface area contributed by atoms with Gasteiger partial charge in [-0.1, -0.05) is 19.4 Å². The van der Waals surface area contributed by atoms with Crippen LogP contribution in [-0.2, 0) is 0 Å². The van der Waals surface area contributed by atoms with Crippen LogP contribution in [0.25, 0.3) is 0 Å². The quantitative estimate of drug-likeness (QED) is 0.430. The van der Waals surface area contributed by atoms with Gasteiger partial charge in [-0.25, -0.2) is 0 Å². The fourth-order valence-corrected chi connectivity index (χ4v) is 2.31. The van der Waals surface area contributed by atoms with Crippen LogP contribution >= 0.6 is 0 Å². The van der Waals surface area contributed by atoms with E-state index in [2.05, 4.69) is 12.2 Å². The Kier molecular flexibility index (Phi) is 6.54. The number of hydrogen-bond acceptors (Lipinski definition) is 5. The number of methoxy groups -OCH3 is 1. The molecule has 0 aliphatic heterocycles. The van der Waals surface area contributed by atoms with Crippen molar-refractivity contribution in [3.8, 4) is 11.5 Å². The molecule has 138 valence electrons. The van der Waals surface area contributed by atoms with Crippen LogP contribution in [0.5, 0.6) is 11.5 Å². The van der Waals surface area contributed by atoms with Crippen molar-refractivity contribution >= 4 is 17.3 Å². The zero-order valence-corrected chi connectivity index (χ0v) is 15.1. The van der Waals surface area contributed by atoms with Crippen LogP contribution in [0, 0.1) is 17.0 Å². The first-order chi connectivity index (χ1) is 12.5. The minimum atomic E-state index is -0.499. The van der Waals surface area contributed by atoms with Crippen LogP contribution < -0.4 is 14.8 Å². The van der Waals surface area contributed by atoms with Crippen LogP contribution in [0.1, 0.15) is 35.7 Å². The molecule has 0 atom stereocenters. The predicted molar refractivity (Wildman–Crippen MR) is 99.2 cm³/mol. The van der Waals surface area contributed by atoms with Gasteiger partial charge >= 0.3 is 0 Å². The summed E-state index contributed by atoms with van der Waals surface area (Å²) in [7, 11) is 1.51. The Morgan fingerprint density at radius 1 is 1.19 bits per heavy atom. The summed E-state index contributed by atoms with van der Waals surface area (Å²) in [4.78, 5) is 22.9. The summed E-state index contributed by atoms with van der Waals surface area (Å²) in [6, 6.07) is 9.24. The number of hydrogen-bond donors (Lipinski definition) is 1. The minimum Gasteiger partial charge on any atom is -0.493 e. The number of amides is 1. The topological polar surface area (TPSA) is 90.7 Å². The molecule has 7 heteroatoms. The lowest BCUT2D eigenvalue weighted by molar-refractivity contribution is -0.384. The van der Waals surface area contributed by atoms with Crippen LogP contribution in [0.15, 0.2) is 36.4 Å². The zero-order chi connectivity index (χ0) is 19.1. The van der Waals surface area contributed by atoms with Crippen molar-refractivity contribution in [2.75, 3.05) is 19.0 Å². The summed E-state index contributed by atoms with van der Waals surface area (Å²) in [5, 5.41) is 13.6. The standard InChI is InChI=1S/C19H22N2O5/c1-4-5-10-26-17-9-7-14(11-18(17)25-3)19(22)20-16-12-15(21(23)24)8-6-13(16)2/h6-9,11-12H,4-5,10H2,1-3H3,(H,20,22). The number of nitrogens with one attached hydrogen (secondary N) is 1. The Bertz CT molecular complexity index is 805. The Balaban J connectivity index is 2.19. The van der Waals surface area contributed by atoms with E-state index < -0.39 is 4.92 Å². The highest BCUT2D eigenvalue weighted by molar-refractivity contribution is 6.05. The summed E-state index contributed by atoms with van der Waals surface area (Å²) < 4.78 is 10.9. The summed E-state index contributed by atoms with van der Waals surface area (Å²) in [6.45, 7) is 4.42. The Labute approximate surface area is 152 Å². The van der Waals surface area contributed by atoms with Gasteiger partial charge in [0.2, 0.25) is 0 Å². The second-order valence-corrected chi connectivity index (χ2v) is 5.78.